The SMILES string of the molecule is CCOc1cc(C(=O)N(C)Cc2ccc(CF)c3cn[nH]c23)ccc1-c1cccc(F)c1. The van der Waals surface area contributed by atoms with Crippen LogP contribution in [-0.4, -0.2) is 34.7 Å². The quantitative estimate of drug-likeness (QED) is 0.416. The van der Waals surface area contributed by atoms with Crippen molar-refractivity contribution in [2.75, 3.05) is 13.7 Å². The van der Waals surface area contributed by atoms with Gasteiger partial charge in [0, 0.05) is 30.1 Å². The number of aromatic nitrogens is 2. The highest BCUT2D eigenvalue weighted by Crippen LogP contribution is 2.32. The van der Waals surface area contributed by atoms with Gasteiger partial charge in [-0.05, 0) is 53.9 Å². The number of alkyl halides is 1. The predicted molar refractivity (Wildman–Crippen MR) is 120 cm³/mol. The van der Waals surface area contributed by atoms with Gasteiger partial charge >= 0.3 is 0 Å². The van der Waals surface area contributed by atoms with Crippen LogP contribution in [0.1, 0.15) is 28.4 Å². The van der Waals surface area contributed by atoms with Gasteiger partial charge in [-0.3, -0.25) is 9.89 Å². The van der Waals surface area contributed by atoms with E-state index in [2.05, 4.69) is 10.2 Å². The van der Waals surface area contributed by atoms with Crippen LogP contribution in [0.3, 0.4) is 0 Å². The van der Waals surface area contributed by atoms with Crippen LogP contribution in [0.4, 0.5) is 8.78 Å². The Kier molecular flexibility index (Phi) is 6.16. The summed E-state index contributed by atoms with van der Waals surface area (Å²) in [5.41, 5.74) is 3.96. The molecule has 0 aliphatic rings. The second-order valence-electron chi connectivity index (χ2n) is 7.49. The fraction of sp³-hybridized carbons (Fsp3) is 0.200. The monoisotopic (exact) mass is 435 g/mol. The zero-order valence-corrected chi connectivity index (χ0v) is 17.9. The van der Waals surface area contributed by atoms with Crippen molar-refractivity contribution in [2.24, 2.45) is 0 Å². The minimum atomic E-state index is -0.580. The Hall–Kier alpha value is -3.74. The highest BCUT2D eigenvalue weighted by atomic mass is 19.1. The van der Waals surface area contributed by atoms with Crippen LogP contribution >= 0.6 is 0 Å². The number of nitrogens with zero attached hydrogens (tertiary/aromatic N) is 2. The van der Waals surface area contributed by atoms with E-state index in [1.807, 2.05) is 6.92 Å². The van der Waals surface area contributed by atoms with Gasteiger partial charge in [-0.25, -0.2) is 8.78 Å². The largest absolute Gasteiger partial charge is 0.493 e. The van der Waals surface area contributed by atoms with E-state index < -0.39 is 6.67 Å². The lowest BCUT2D eigenvalue weighted by Gasteiger charge is -2.19. The third-order valence-electron chi connectivity index (χ3n) is 5.35. The van der Waals surface area contributed by atoms with Crippen LogP contribution < -0.4 is 4.74 Å². The molecule has 0 aliphatic heterocycles. The van der Waals surface area contributed by atoms with Gasteiger partial charge in [0.1, 0.15) is 18.2 Å². The van der Waals surface area contributed by atoms with E-state index in [9.17, 15) is 13.6 Å². The Morgan fingerprint density at radius 2 is 1.94 bits per heavy atom. The Morgan fingerprint density at radius 1 is 1.12 bits per heavy atom. The van der Waals surface area contributed by atoms with Gasteiger partial charge in [-0.2, -0.15) is 5.10 Å². The van der Waals surface area contributed by atoms with Gasteiger partial charge in [0.25, 0.3) is 5.91 Å². The maximum atomic E-state index is 13.7. The summed E-state index contributed by atoms with van der Waals surface area (Å²) in [5.74, 6) is -0.0201. The van der Waals surface area contributed by atoms with Crippen LogP contribution in [0.25, 0.3) is 22.0 Å². The molecular formula is C25H23F2N3O2. The third kappa shape index (κ3) is 4.19. The highest BCUT2D eigenvalue weighted by molar-refractivity contribution is 5.96. The first-order valence-corrected chi connectivity index (χ1v) is 10.3. The Labute approximate surface area is 184 Å². The number of ether oxygens (including phenoxy) is 1. The molecule has 0 spiro atoms. The first-order chi connectivity index (χ1) is 15.5. The molecule has 4 aromatic rings. The van der Waals surface area contributed by atoms with Crippen molar-refractivity contribution in [1.29, 1.82) is 0 Å². The molecule has 0 bridgehead atoms. The van der Waals surface area contributed by atoms with E-state index in [0.717, 1.165) is 11.1 Å². The Morgan fingerprint density at radius 3 is 2.69 bits per heavy atom. The normalized spacial score (nSPS) is 11.0. The van der Waals surface area contributed by atoms with Crippen LogP contribution in [-0.2, 0) is 13.2 Å². The van der Waals surface area contributed by atoms with Crippen molar-refractivity contribution in [3.63, 3.8) is 0 Å². The smallest absolute Gasteiger partial charge is 0.254 e. The number of aromatic amines is 1. The number of carbonyl (C=O) groups excluding carboxylic acids is 1. The molecule has 4 rings (SSSR count). The number of nitrogens with one attached hydrogen (secondary N) is 1. The highest BCUT2D eigenvalue weighted by Gasteiger charge is 2.18. The number of H-pyrrole nitrogens is 1. The molecule has 0 saturated heterocycles. The molecule has 1 amide bonds. The maximum absolute atomic E-state index is 13.7. The van der Waals surface area contributed by atoms with Crippen LogP contribution in [0.15, 0.2) is 60.8 Å². The van der Waals surface area contributed by atoms with Crippen molar-refractivity contribution >= 4 is 16.8 Å². The van der Waals surface area contributed by atoms with Crippen molar-refractivity contribution in [1.82, 2.24) is 15.1 Å². The first kappa shape index (κ1) is 21.5. The Balaban J connectivity index is 1.61. The van der Waals surface area contributed by atoms with Gasteiger partial charge in [0.2, 0.25) is 0 Å². The van der Waals surface area contributed by atoms with E-state index in [4.69, 9.17) is 4.74 Å². The van der Waals surface area contributed by atoms with Crippen LogP contribution in [0.2, 0.25) is 0 Å². The zero-order chi connectivity index (χ0) is 22.7. The molecule has 32 heavy (non-hydrogen) atoms. The summed E-state index contributed by atoms with van der Waals surface area (Å²) in [6, 6.07) is 14.9. The molecular weight excluding hydrogens is 412 g/mol. The van der Waals surface area contributed by atoms with Gasteiger partial charge < -0.3 is 9.64 Å². The molecule has 0 unspecified atom stereocenters. The van der Waals surface area contributed by atoms with E-state index >= 15 is 0 Å². The maximum Gasteiger partial charge on any atom is 0.254 e. The topological polar surface area (TPSA) is 58.2 Å². The Bertz CT molecular complexity index is 1270. The summed E-state index contributed by atoms with van der Waals surface area (Å²) < 4.78 is 32.7. The lowest BCUT2D eigenvalue weighted by atomic mass is 10.0. The first-order valence-electron chi connectivity index (χ1n) is 10.3. The molecule has 7 heteroatoms. The van der Waals surface area contributed by atoms with Crippen LogP contribution in [0.5, 0.6) is 5.75 Å². The fourth-order valence-corrected chi connectivity index (χ4v) is 3.77. The molecule has 0 saturated carbocycles. The summed E-state index contributed by atoms with van der Waals surface area (Å²) in [7, 11) is 1.70. The second kappa shape index (κ2) is 9.18. The second-order valence-corrected chi connectivity index (χ2v) is 7.49. The number of amides is 1. The van der Waals surface area contributed by atoms with Crippen molar-refractivity contribution < 1.29 is 18.3 Å². The van der Waals surface area contributed by atoms with Crippen molar-refractivity contribution in [3.8, 4) is 16.9 Å². The van der Waals surface area contributed by atoms with Crippen molar-refractivity contribution in [3.05, 3.63) is 83.3 Å². The standard InChI is InChI=1S/C25H23F2N3O2/c1-3-32-23-12-17(9-10-21(23)16-5-4-6-20(27)11-16)25(31)30(2)15-19-8-7-18(13-26)22-14-28-29-24(19)22/h4-12,14H,3,13,15H2,1-2H3,(H,28,29). The molecule has 0 aliphatic carbocycles. The fourth-order valence-electron chi connectivity index (χ4n) is 3.77. The number of hydrogen-bond donors (Lipinski definition) is 1. The van der Waals surface area contributed by atoms with E-state index in [0.29, 0.717) is 46.5 Å². The molecule has 1 heterocycles. The zero-order valence-electron chi connectivity index (χ0n) is 17.9. The summed E-state index contributed by atoms with van der Waals surface area (Å²) in [4.78, 5) is 14.7. The van der Waals surface area contributed by atoms with Gasteiger partial charge in [-0.15, -0.1) is 0 Å². The number of fused-ring (bicyclic) bond motifs is 1. The molecule has 3 aromatic carbocycles. The van der Waals surface area contributed by atoms with E-state index in [1.54, 1.807) is 60.6 Å². The number of benzene rings is 3. The lowest BCUT2D eigenvalue weighted by Crippen LogP contribution is -2.26. The summed E-state index contributed by atoms with van der Waals surface area (Å²) in [5, 5.41) is 7.63. The molecule has 0 atom stereocenters. The predicted octanol–water partition coefficient (Wildman–Crippen LogP) is 5.51. The van der Waals surface area contributed by atoms with E-state index in [-0.39, 0.29) is 11.7 Å². The molecule has 5 nitrogen and oxygen atoms in total. The molecule has 0 fully saturated rings. The van der Waals surface area contributed by atoms with Gasteiger partial charge in [-0.1, -0.05) is 24.3 Å². The third-order valence-corrected chi connectivity index (χ3v) is 5.35. The summed E-state index contributed by atoms with van der Waals surface area (Å²) in [6.45, 7) is 2.00. The lowest BCUT2D eigenvalue weighted by molar-refractivity contribution is 0.0785. The van der Waals surface area contributed by atoms with Gasteiger partial charge in [0.05, 0.1) is 18.3 Å². The number of halogens is 2. The number of rotatable bonds is 7. The molecule has 164 valence electrons. The number of carbonyl (C=O) groups is 1. The van der Waals surface area contributed by atoms with Gasteiger partial charge in [0.15, 0.2) is 0 Å². The average molecular weight is 435 g/mol. The molecule has 0 radical (unpaired) electrons. The number of hydrogen-bond acceptors (Lipinski definition) is 3. The van der Waals surface area contributed by atoms with Crippen LogP contribution in [0, 0.1) is 5.82 Å². The minimum absolute atomic E-state index is 0.195. The summed E-state index contributed by atoms with van der Waals surface area (Å²) in [6.07, 6.45) is 1.59. The summed E-state index contributed by atoms with van der Waals surface area (Å²) >= 11 is 0. The molecule has 1 N–H and O–H groups in total. The van der Waals surface area contributed by atoms with Crippen molar-refractivity contribution in [2.45, 2.75) is 20.1 Å². The molecule has 1 aromatic heterocycles. The van der Waals surface area contributed by atoms with E-state index in [1.165, 1.54) is 12.1 Å². The average Bonchev–Trinajstić information content (AvgIpc) is 3.29. The minimum Gasteiger partial charge on any atom is -0.493 e.